The van der Waals surface area contributed by atoms with Crippen molar-refractivity contribution in [3.05, 3.63) is 130 Å². The topological polar surface area (TPSA) is 466 Å². The Morgan fingerprint density at radius 2 is 0.849 bits per heavy atom. The van der Waals surface area contributed by atoms with Crippen LogP contribution in [-0.2, 0) is 36.3 Å². The first-order chi connectivity index (χ1) is 60.0. The first kappa shape index (κ1) is 100. The number of amides is 2. The van der Waals surface area contributed by atoms with Crippen LogP contribution in [0.25, 0.3) is 16.9 Å². The normalized spacial score (nSPS) is 20.3. The molecular formula is C76H97BrCl3N32NaO7S6. The van der Waals surface area contributed by atoms with E-state index in [-0.39, 0.29) is 94.4 Å². The number of alkyl carbamates (subject to hydrolysis) is 2. The molecule has 6 aliphatic heterocycles. The largest absolute Gasteiger partial charge is 1.00 e. The van der Waals surface area contributed by atoms with E-state index in [9.17, 15) is 9.59 Å². The maximum Gasteiger partial charge on any atom is 1.00 e. The molecule has 3 aromatic carbocycles. The predicted molar refractivity (Wildman–Crippen MR) is 486 cm³/mol. The maximum atomic E-state index is 12.6. The Hall–Kier alpha value is -7.78. The molecule has 39 nitrogen and oxygen atoms in total. The van der Waals surface area contributed by atoms with E-state index in [1.165, 1.54) is 0 Å². The summed E-state index contributed by atoms with van der Waals surface area (Å²) in [5, 5.41) is 51.8. The Labute approximate surface area is 800 Å². The predicted octanol–water partition coefficient (Wildman–Crippen LogP) is 16.6. The van der Waals surface area contributed by atoms with Crippen LogP contribution in [0.3, 0.4) is 0 Å². The summed E-state index contributed by atoms with van der Waals surface area (Å²) in [7, 11) is 0. The SMILES string of the molecule is CSc1c(Cl)cccc1Br.CSc1c(Cl)cccc1Sc1cnc(N2CCC3(CC2)CO[C@@H](C)[C@H]3N)n2ccnc12.CSc1c(Cl)cccc1Sc1cnc(N2CCC3(CC2)CO[C@@H](C)[C@H]3NC(=O)OC(C)(C)C)n2ccnc12.C[C@@H]1OCC2(CCN(c3ncc([S-])c4nccn34)CC2)[C@@H]1NC(=O)OC(C)(C)C.N=N/N=N/N=N/N=N/N=N/N=N/N=N/N=N/N.[Na+]. The van der Waals surface area contributed by atoms with E-state index in [1.807, 2.05) is 164 Å². The average Bonchev–Trinajstić information content (AvgIpc) is 1.44. The van der Waals surface area contributed by atoms with E-state index < -0.39 is 11.2 Å². The van der Waals surface area contributed by atoms with Crippen LogP contribution in [0.1, 0.15) is 101 Å². The van der Waals surface area contributed by atoms with Crippen molar-refractivity contribution in [2.45, 2.75) is 188 Å². The molecule has 3 spiro atoms. The summed E-state index contributed by atoms with van der Waals surface area (Å²) in [6.07, 6.45) is 27.7. The Bertz CT molecular complexity index is 5370. The number of carbonyl (C=O) groups excluding carboxylic acids is 2. The van der Waals surface area contributed by atoms with Gasteiger partial charge in [-0.05, 0) is 245 Å². The molecular weight excluding hydrogens is 1870 g/mol. The van der Waals surface area contributed by atoms with Gasteiger partial charge in [-0.1, -0.05) is 81.7 Å². The number of halogens is 4. The number of imidazole rings is 3. The molecule has 6 saturated heterocycles. The molecule has 0 saturated carbocycles. The fourth-order valence-corrected chi connectivity index (χ4v) is 22.1. The molecule has 6 fully saturated rings. The Morgan fingerprint density at radius 3 is 1.21 bits per heavy atom. The summed E-state index contributed by atoms with van der Waals surface area (Å²) in [5.41, 5.74) is 14.0. The fraction of sp³-hybridized carbons (Fsp3) is 0.500. The third-order valence-corrected chi connectivity index (χ3v) is 28.8. The molecule has 6 aliphatic rings. The van der Waals surface area contributed by atoms with Gasteiger partial charge in [-0.15, -0.1) is 40.2 Å². The fourth-order valence-electron chi connectivity index (χ4n) is 15.4. The Morgan fingerprint density at radius 1 is 0.508 bits per heavy atom. The smallest absolute Gasteiger partial charge is 0.775 e. The van der Waals surface area contributed by atoms with Crippen LogP contribution in [-0.4, -0.2) is 181 Å². The molecule has 2 amide bonds. The molecule has 668 valence electrons. The number of carbonyl (C=O) groups is 2. The van der Waals surface area contributed by atoms with Crippen LogP contribution in [0.5, 0.6) is 0 Å². The first-order valence-electron chi connectivity index (χ1n) is 39.3. The van der Waals surface area contributed by atoms with E-state index in [0.29, 0.717) is 18.1 Å². The second-order valence-electron chi connectivity index (χ2n) is 31.4. The third kappa shape index (κ3) is 25.7. The van der Waals surface area contributed by atoms with E-state index in [1.54, 1.807) is 71.2 Å². The second-order valence-corrected chi connectivity index (χ2v) is 38.5. The molecule has 9 aromatic rings. The summed E-state index contributed by atoms with van der Waals surface area (Å²) < 4.78 is 36.1. The molecule has 0 bridgehead atoms. The van der Waals surface area contributed by atoms with Gasteiger partial charge in [0.2, 0.25) is 17.8 Å². The Kier molecular flexibility index (Phi) is 37.2. The number of nitrogens with two attached hydrogens (primary N) is 2. The number of benzene rings is 3. The number of fused-ring (bicyclic) bond motifs is 3. The van der Waals surface area contributed by atoms with Crippen LogP contribution in [0.15, 0.2) is 232 Å². The van der Waals surface area contributed by atoms with Crippen LogP contribution in [0.4, 0.5) is 27.4 Å². The van der Waals surface area contributed by atoms with Crippen molar-refractivity contribution < 1.29 is 62.8 Å². The zero-order valence-corrected chi connectivity index (χ0v) is 82.3. The van der Waals surface area contributed by atoms with Crippen molar-refractivity contribution in [2.75, 3.05) is 92.6 Å². The Balaban J connectivity index is 0.000000173. The average molecular weight is 1970 g/mol. The number of nitrogens with one attached hydrogen (secondary N) is 3. The van der Waals surface area contributed by atoms with Crippen molar-refractivity contribution >= 4 is 169 Å². The summed E-state index contributed by atoms with van der Waals surface area (Å²) in [6, 6.07) is 17.7. The van der Waals surface area contributed by atoms with Crippen molar-refractivity contribution in [1.82, 2.24) is 53.7 Å². The van der Waals surface area contributed by atoms with Crippen LogP contribution >= 0.6 is 110 Å². The number of rotatable bonds is 19. The van der Waals surface area contributed by atoms with E-state index >= 15 is 0 Å². The molecule has 0 radical (unpaired) electrons. The molecule has 6 aromatic heterocycles. The van der Waals surface area contributed by atoms with Crippen molar-refractivity contribution in [3.8, 4) is 0 Å². The minimum atomic E-state index is -0.542. The molecule has 50 heteroatoms. The molecule has 126 heavy (non-hydrogen) atoms. The molecule has 0 unspecified atom stereocenters. The zero-order chi connectivity index (χ0) is 89.6. The van der Waals surface area contributed by atoms with Gasteiger partial charge in [-0.25, -0.2) is 39.5 Å². The van der Waals surface area contributed by atoms with Gasteiger partial charge >= 0.3 is 41.7 Å². The number of thioether (sulfide) groups is 3. The van der Waals surface area contributed by atoms with Crippen molar-refractivity contribution in [1.29, 1.82) is 5.53 Å². The van der Waals surface area contributed by atoms with Gasteiger partial charge < -0.3 is 73.2 Å². The standard InChI is InChI=1S/C27H34ClN5O3S2.C22H26ClN5OS2.C20H29N5O3S.C7H6BrClS.H3N17.Na/c1-17-22(31-25(34)36-26(2,3)4)27(16-35-17)9-12-32(13-10-27)24-30-15-20(23-29-11-14-33(23)24)38-19-8-6-7-18(28)21(19)37-5;1-14-19(24)22(13-29-14)6-9-27(10-7-22)21-26-12-17(20-25-8-11-28(20)21)31-16-5-3-4-15(23)18(16)30-2;1-13-15(23-18(26)28-19(2,3)4)20(12-27-13)5-8-24(9-6-20)17-22-11-14(29)16-21-7-10-25(16)17;1-10-7-5(8)3-2-4-6(7)9;1-3-5-7-9-11-13-15-17-16-14-12-10-8-6-4-2;/h6-8,11,14-15,17,22H,9-10,12-13,16H2,1-5H3,(H,31,34);3-5,8,11-12,14,19H,6-7,9-10,13,24H2,1-2H3;7,10-11,13,15,29H,5-6,8-9,12H2,1-4H3,(H,23,26);2-4H,1H3;(H3,1,2,5,6,9,10,13,14,17);/q;;;;;+1/p-1/t17-,22+;14-,19+;13-,15+;;;/m000.../s1. The monoisotopic (exact) mass is 1970 g/mol. The van der Waals surface area contributed by atoms with Crippen molar-refractivity contribution in [2.24, 2.45) is 106 Å². The number of ether oxygens (including phenoxy) is 5. The molecule has 15 rings (SSSR count). The number of hydrogen-bond donors (Lipinski definition) is 5. The van der Waals surface area contributed by atoms with E-state index in [2.05, 4.69) is 173 Å². The van der Waals surface area contributed by atoms with Gasteiger partial charge in [0.15, 0.2) is 11.3 Å². The summed E-state index contributed by atoms with van der Waals surface area (Å²) in [4.78, 5) is 67.9. The van der Waals surface area contributed by atoms with Crippen LogP contribution < -0.4 is 66.5 Å². The number of piperidine rings is 3. The summed E-state index contributed by atoms with van der Waals surface area (Å²) in [5.74, 6) is 7.24. The van der Waals surface area contributed by atoms with Gasteiger partial charge in [-0.3, -0.25) is 13.2 Å². The van der Waals surface area contributed by atoms with Gasteiger partial charge in [-0.2, -0.15) is 5.53 Å². The molecule has 6 atom stereocenters. The third-order valence-electron chi connectivity index (χ3n) is 21.4. The van der Waals surface area contributed by atoms with Gasteiger partial charge in [0.1, 0.15) is 16.8 Å². The molecule has 7 N–H and O–H groups in total. The maximum absolute atomic E-state index is 12.6. The first-order valence-corrected chi connectivity index (χ1v) is 46.9. The summed E-state index contributed by atoms with van der Waals surface area (Å²) >= 11 is 35.6. The number of nitrogens with zero attached hydrogens (tertiary/aromatic N) is 27. The van der Waals surface area contributed by atoms with Gasteiger partial charge in [0.25, 0.3) is 0 Å². The van der Waals surface area contributed by atoms with Crippen LogP contribution in [0, 0.1) is 21.8 Å². The second kappa shape index (κ2) is 46.7. The van der Waals surface area contributed by atoms with Gasteiger partial charge in [0.05, 0.1) is 75.1 Å². The number of aromatic nitrogens is 9. The van der Waals surface area contributed by atoms with Gasteiger partial charge in [0, 0.05) is 146 Å². The minimum Gasteiger partial charge on any atom is -0.775 e. The number of anilines is 3. The quantitative estimate of drug-likeness (QED) is 0.0125. The number of hydrogen-bond acceptors (Lipinski definition) is 25. The minimum absolute atomic E-state index is 0. The van der Waals surface area contributed by atoms with Crippen LogP contribution in [0.2, 0.25) is 15.1 Å². The molecule has 12 heterocycles. The molecule has 0 aliphatic carbocycles. The van der Waals surface area contributed by atoms with E-state index in [4.69, 9.17) is 92.3 Å². The van der Waals surface area contributed by atoms with Crippen molar-refractivity contribution in [3.63, 3.8) is 0 Å². The summed E-state index contributed by atoms with van der Waals surface area (Å²) in [6.45, 7) is 24.5. The van der Waals surface area contributed by atoms with E-state index in [0.717, 1.165) is 173 Å². The zero-order valence-electron chi connectivity index (χ0n) is 71.5.